The summed E-state index contributed by atoms with van der Waals surface area (Å²) >= 11 is 0. The molecule has 37 heavy (non-hydrogen) atoms. The fraction of sp³-hybridized carbons (Fsp3) is 0.438. The predicted octanol–water partition coefficient (Wildman–Crippen LogP) is 6.32. The molecule has 200 valence electrons. The van der Waals surface area contributed by atoms with Gasteiger partial charge >= 0.3 is 0 Å². The number of piperidine rings is 1. The molecule has 2 aliphatic carbocycles. The molecule has 0 N–H and O–H groups in total. The Morgan fingerprint density at radius 2 is 1.76 bits per heavy atom. The number of hydrogen-bond donors (Lipinski definition) is 0. The van der Waals surface area contributed by atoms with E-state index in [1.54, 1.807) is 26.0 Å². The number of likely N-dealkylation sites (tertiary alicyclic amines) is 1. The summed E-state index contributed by atoms with van der Waals surface area (Å²) in [7, 11) is 3.54. The van der Waals surface area contributed by atoms with Gasteiger partial charge in [0.05, 0.1) is 12.9 Å². The van der Waals surface area contributed by atoms with Crippen molar-refractivity contribution in [3.05, 3.63) is 94.8 Å². The highest BCUT2D eigenvalue weighted by atomic mass is 16.5. The minimum absolute atomic E-state index is 0.231. The van der Waals surface area contributed by atoms with Crippen LogP contribution in [-0.2, 0) is 20.7 Å². The monoisotopic (exact) mass is 504 g/mol. The summed E-state index contributed by atoms with van der Waals surface area (Å²) in [6, 6.07) is 8.40. The summed E-state index contributed by atoms with van der Waals surface area (Å²) in [5, 5.41) is 0. The Hall–Kier alpha value is -3.34. The lowest BCUT2D eigenvalue weighted by Crippen LogP contribution is -2.33. The Bertz CT molecular complexity index is 993. The second kappa shape index (κ2) is 17.2. The maximum absolute atomic E-state index is 10.7. The van der Waals surface area contributed by atoms with Gasteiger partial charge in [0.15, 0.2) is 0 Å². The molecule has 1 fully saturated rings. The van der Waals surface area contributed by atoms with Crippen LogP contribution < -0.4 is 0 Å². The zero-order chi connectivity index (χ0) is 26.9. The molecular weight excluding hydrogens is 460 g/mol. The zero-order valence-electron chi connectivity index (χ0n) is 23.1. The fourth-order valence-electron chi connectivity index (χ4n) is 4.15. The van der Waals surface area contributed by atoms with Crippen LogP contribution >= 0.6 is 0 Å². The Morgan fingerprint density at radius 1 is 1.05 bits per heavy atom. The van der Waals surface area contributed by atoms with Gasteiger partial charge in [0, 0.05) is 40.0 Å². The van der Waals surface area contributed by atoms with Crippen molar-refractivity contribution in [2.75, 3.05) is 33.8 Å². The van der Waals surface area contributed by atoms with Crippen LogP contribution in [0.2, 0.25) is 0 Å². The highest BCUT2D eigenvalue weighted by Gasteiger charge is 2.11. The average molecular weight is 505 g/mol. The van der Waals surface area contributed by atoms with E-state index < -0.39 is 0 Å². The van der Waals surface area contributed by atoms with Gasteiger partial charge in [-0.05, 0) is 68.2 Å². The zero-order valence-corrected chi connectivity index (χ0v) is 23.1. The number of ether oxygens (including phenoxy) is 1. The molecule has 1 aliphatic heterocycles. The largest absolute Gasteiger partial charge is 0.501 e. The summed E-state index contributed by atoms with van der Waals surface area (Å²) in [5.74, 6) is 1.30. The number of aryl methyl sites for hydroxylation is 1. The lowest BCUT2D eigenvalue weighted by Gasteiger charge is -2.24. The number of likely N-dealkylation sites (N-methyl/N-ethyl adjacent to an activating group) is 1. The van der Waals surface area contributed by atoms with Crippen LogP contribution in [0.3, 0.4) is 0 Å². The fourth-order valence-corrected chi connectivity index (χ4v) is 4.15. The van der Waals surface area contributed by atoms with E-state index in [4.69, 9.17) is 4.74 Å². The molecule has 1 aromatic rings. The number of methoxy groups -OCH3 is 1. The molecule has 0 unspecified atom stereocenters. The predicted molar refractivity (Wildman–Crippen MR) is 153 cm³/mol. The summed E-state index contributed by atoms with van der Waals surface area (Å²) < 4.78 is 5.36. The molecule has 1 aromatic carbocycles. The third kappa shape index (κ3) is 12.0. The minimum Gasteiger partial charge on any atom is -0.501 e. The normalized spacial score (nSPS) is 18.7. The molecule has 5 heteroatoms. The first kappa shape index (κ1) is 29.9. The van der Waals surface area contributed by atoms with Gasteiger partial charge in [-0.3, -0.25) is 9.59 Å². The molecule has 0 saturated carbocycles. The van der Waals surface area contributed by atoms with Crippen molar-refractivity contribution in [2.45, 2.75) is 58.8 Å². The Balaban J connectivity index is 0.000000201. The van der Waals surface area contributed by atoms with Gasteiger partial charge in [-0.15, -0.1) is 0 Å². The molecule has 4 rings (SSSR count). The third-order valence-electron chi connectivity index (χ3n) is 6.54. The first-order valence-corrected chi connectivity index (χ1v) is 13.3. The van der Waals surface area contributed by atoms with E-state index >= 15 is 0 Å². The van der Waals surface area contributed by atoms with Crippen LogP contribution in [-0.4, -0.2) is 55.9 Å². The molecule has 5 nitrogen and oxygen atoms in total. The van der Waals surface area contributed by atoms with Gasteiger partial charge in [0.25, 0.3) is 0 Å². The quantitative estimate of drug-likeness (QED) is 0.441. The van der Waals surface area contributed by atoms with Crippen LogP contribution in [0.4, 0.5) is 0 Å². The van der Waals surface area contributed by atoms with Crippen LogP contribution in [0.5, 0.6) is 0 Å². The summed E-state index contributed by atoms with van der Waals surface area (Å²) in [4.78, 5) is 24.6. The molecule has 0 bridgehead atoms. The Kier molecular flexibility index (Phi) is 13.9. The summed E-state index contributed by atoms with van der Waals surface area (Å²) in [6.07, 6.45) is 23.6. The summed E-state index contributed by atoms with van der Waals surface area (Å²) in [6.45, 7) is 6.46. The van der Waals surface area contributed by atoms with Crippen LogP contribution in [0.15, 0.2) is 83.7 Å². The summed E-state index contributed by atoms with van der Waals surface area (Å²) in [5.41, 5.74) is 5.22. The average Bonchev–Trinajstić information content (AvgIpc) is 3.13. The molecule has 0 atom stereocenters. The molecule has 1 heterocycles. The van der Waals surface area contributed by atoms with Crippen molar-refractivity contribution >= 4 is 12.3 Å². The Labute approximate surface area is 223 Å². The molecular formula is C32H44N2O3. The second-order valence-corrected chi connectivity index (χ2v) is 9.59. The van der Waals surface area contributed by atoms with Gasteiger partial charge in [-0.1, -0.05) is 66.3 Å². The van der Waals surface area contributed by atoms with Crippen molar-refractivity contribution < 1.29 is 14.3 Å². The van der Waals surface area contributed by atoms with E-state index in [1.165, 1.54) is 41.5 Å². The lowest BCUT2D eigenvalue weighted by atomic mass is 9.98. The highest BCUT2D eigenvalue weighted by molar-refractivity contribution is 5.73. The molecule has 0 radical (unpaired) electrons. The Morgan fingerprint density at radius 3 is 2.38 bits per heavy atom. The van der Waals surface area contributed by atoms with Crippen molar-refractivity contribution in [3.63, 3.8) is 0 Å². The number of hydrogen-bond acceptors (Lipinski definition) is 3. The second-order valence-electron chi connectivity index (χ2n) is 9.59. The van der Waals surface area contributed by atoms with Gasteiger partial charge in [-0.2, -0.15) is 0 Å². The third-order valence-corrected chi connectivity index (χ3v) is 6.54. The van der Waals surface area contributed by atoms with Crippen molar-refractivity contribution in [1.29, 1.82) is 0 Å². The number of allylic oxidation sites excluding steroid dienone is 9. The van der Waals surface area contributed by atoms with Crippen molar-refractivity contribution in [3.8, 4) is 0 Å². The number of carbonyl (C=O) groups excluding carboxylic acids is 2. The SMILES string of the molecule is CC(=O)N1CCCCC1.CO/C1=C/C/C=C\C2=CC=CCC=C2C1.Cc1ccc(CCN(C)C=O)cc1. The van der Waals surface area contributed by atoms with E-state index in [1.807, 2.05) is 4.90 Å². The smallest absolute Gasteiger partial charge is 0.219 e. The number of nitrogens with zero attached hydrogens (tertiary/aromatic N) is 2. The number of amides is 2. The number of rotatable bonds is 5. The molecule has 2 amide bonds. The van der Waals surface area contributed by atoms with Crippen LogP contribution in [0, 0.1) is 6.92 Å². The highest BCUT2D eigenvalue weighted by Crippen LogP contribution is 2.25. The maximum Gasteiger partial charge on any atom is 0.219 e. The van der Waals surface area contributed by atoms with Crippen LogP contribution in [0.1, 0.15) is 56.6 Å². The minimum atomic E-state index is 0.231. The molecule has 3 aliphatic rings. The first-order chi connectivity index (χ1) is 17.9. The molecule has 0 spiro atoms. The number of benzene rings is 1. The van der Waals surface area contributed by atoms with E-state index in [2.05, 4.69) is 73.7 Å². The van der Waals surface area contributed by atoms with Crippen LogP contribution in [0.25, 0.3) is 0 Å². The van der Waals surface area contributed by atoms with Gasteiger partial charge in [0.2, 0.25) is 12.3 Å². The van der Waals surface area contributed by atoms with Gasteiger partial charge in [0.1, 0.15) is 0 Å². The van der Waals surface area contributed by atoms with Crippen molar-refractivity contribution in [1.82, 2.24) is 9.80 Å². The lowest BCUT2D eigenvalue weighted by molar-refractivity contribution is -0.129. The van der Waals surface area contributed by atoms with Gasteiger partial charge in [-0.25, -0.2) is 0 Å². The van der Waals surface area contributed by atoms with E-state index in [0.29, 0.717) is 0 Å². The molecule has 0 aromatic heterocycles. The first-order valence-electron chi connectivity index (χ1n) is 13.3. The molecule has 1 saturated heterocycles. The standard InChI is InChI=1S/C14H16O.C11H15NO.C7H13NO/c1-15-14-10-6-5-8-12-7-3-2-4-9-13(12)11-14;1-10-3-5-11(6-4-10)7-8-12(2)9-13;1-7(9)8-5-3-2-4-6-8/h2-3,5,7-10H,4,6,11H2,1H3;3-6,9H,7-8H2,1-2H3;2-6H2,1H3/b8-5-,14-10+;;. The van der Waals surface area contributed by atoms with Gasteiger partial charge < -0.3 is 14.5 Å². The van der Waals surface area contributed by atoms with E-state index in [-0.39, 0.29) is 5.91 Å². The number of fused-ring (bicyclic) bond motifs is 1. The van der Waals surface area contributed by atoms with Crippen molar-refractivity contribution in [2.24, 2.45) is 0 Å². The van der Waals surface area contributed by atoms with E-state index in [9.17, 15) is 9.59 Å². The number of carbonyl (C=O) groups is 2. The topological polar surface area (TPSA) is 49.9 Å². The van der Waals surface area contributed by atoms with E-state index in [0.717, 1.165) is 57.5 Å². The maximum atomic E-state index is 10.7.